The van der Waals surface area contributed by atoms with Gasteiger partial charge in [-0.25, -0.2) is 0 Å². The molecule has 0 amide bonds. The van der Waals surface area contributed by atoms with Gasteiger partial charge >= 0.3 is 17.9 Å². The highest BCUT2D eigenvalue weighted by molar-refractivity contribution is 5.73. The fourth-order valence-corrected chi connectivity index (χ4v) is 3.47. The molecule has 10 nitrogen and oxygen atoms in total. The number of carboxylic acids is 3. The molecule has 1 atom stereocenters. The monoisotopic (exact) mass is 402 g/mol. The second-order valence-electron chi connectivity index (χ2n) is 7.07. The number of carboxylic acid groups (broad SMARTS) is 3. The van der Waals surface area contributed by atoms with Crippen molar-refractivity contribution in [2.45, 2.75) is 26.3 Å². The Morgan fingerprint density at radius 2 is 1.11 bits per heavy atom. The van der Waals surface area contributed by atoms with E-state index in [2.05, 4.69) is 4.90 Å². The molecule has 1 saturated heterocycles. The number of hydrogen-bond donors (Lipinski definition) is 3. The van der Waals surface area contributed by atoms with Crippen LogP contribution in [0.1, 0.15) is 20.3 Å². The van der Waals surface area contributed by atoms with E-state index < -0.39 is 23.9 Å². The summed E-state index contributed by atoms with van der Waals surface area (Å²) in [4.78, 5) is 41.7. The third kappa shape index (κ3) is 8.96. The van der Waals surface area contributed by atoms with Crippen molar-refractivity contribution in [1.82, 2.24) is 19.6 Å². The number of nitrogens with zero attached hydrogens (tertiary/aromatic N) is 4. The van der Waals surface area contributed by atoms with E-state index >= 15 is 0 Å². The second kappa shape index (κ2) is 12.7. The fraction of sp³-hybridized carbons (Fsp3) is 0.833. The molecular formula is C18H34N4O6. The number of likely N-dealkylation sites (N-methyl/N-ethyl adjacent to an activating group) is 1. The van der Waals surface area contributed by atoms with Crippen LogP contribution in [0.15, 0.2) is 0 Å². The van der Waals surface area contributed by atoms with Crippen LogP contribution in [0.2, 0.25) is 0 Å². The van der Waals surface area contributed by atoms with Gasteiger partial charge in [0.25, 0.3) is 0 Å². The standard InChI is InChI=1S/C18H34N4O6/c1-3-15(18(27)28)22-11-9-19(4-2)5-6-20(13-16(23)24)7-8-21(10-12-22)14-17(25)26/h15H,3-14H2,1-2H3,(H,23,24)(H,25,26)(H,27,28). The molecular weight excluding hydrogens is 368 g/mol. The van der Waals surface area contributed by atoms with Gasteiger partial charge in [-0.05, 0) is 13.0 Å². The molecule has 0 bridgehead atoms. The second-order valence-corrected chi connectivity index (χ2v) is 7.07. The van der Waals surface area contributed by atoms with Gasteiger partial charge in [-0.2, -0.15) is 0 Å². The third-order valence-electron chi connectivity index (χ3n) is 5.15. The highest BCUT2D eigenvalue weighted by Crippen LogP contribution is 2.07. The van der Waals surface area contributed by atoms with Gasteiger partial charge in [0.2, 0.25) is 0 Å². The molecule has 0 saturated carbocycles. The highest BCUT2D eigenvalue weighted by Gasteiger charge is 2.25. The molecule has 0 aromatic heterocycles. The van der Waals surface area contributed by atoms with Gasteiger partial charge in [-0.15, -0.1) is 0 Å². The maximum absolute atomic E-state index is 11.6. The first-order chi connectivity index (χ1) is 13.3. The van der Waals surface area contributed by atoms with Crippen molar-refractivity contribution in [3.05, 3.63) is 0 Å². The number of aliphatic carboxylic acids is 3. The largest absolute Gasteiger partial charge is 0.480 e. The van der Waals surface area contributed by atoms with Crippen molar-refractivity contribution in [2.24, 2.45) is 0 Å². The Labute approximate surface area is 166 Å². The van der Waals surface area contributed by atoms with Crippen LogP contribution in [-0.4, -0.2) is 131 Å². The SMILES string of the molecule is CCC(C(=O)O)N1CCN(CC)CCN(CC(=O)O)CCN(CC(=O)O)CC1. The Balaban J connectivity index is 2.95. The van der Waals surface area contributed by atoms with Crippen LogP contribution in [0.4, 0.5) is 0 Å². The molecule has 1 rings (SSSR count). The van der Waals surface area contributed by atoms with Crippen LogP contribution in [0.5, 0.6) is 0 Å². The fourth-order valence-electron chi connectivity index (χ4n) is 3.47. The van der Waals surface area contributed by atoms with E-state index in [0.29, 0.717) is 58.8 Å². The van der Waals surface area contributed by atoms with E-state index in [9.17, 15) is 24.6 Å². The lowest BCUT2D eigenvalue weighted by atomic mass is 10.2. The molecule has 10 heteroatoms. The molecule has 1 heterocycles. The minimum Gasteiger partial charge on any atom is -0.480 e. The molecule has 0 aliphatic carbocycles. The molecule has 1 unspecified atom stereocenters. The highest BCUT2D eigenvalue weighted by atomic mass is 16.4. The van der Waals surface area contributed by atoms with Crippen molar-refractivity contribution in [3.8, 4) is 0 Å². The molecule has 162 valence electrons. The van der Waals surface area contributed by atoms with E-state index in [0.717, 1.165) is 6.54 Å². The minimum atomic E-state index is -0.953. The van der Waals surface area contributed by atoms with Gasteiger partial charge in [-0.3, -0.25) is 29.1 Å². The Kier molecular flexibility index (Phi) is 11.0. The summed E-state index contributed by atoms with van der Waals surface area (Å²) in [5, 5.41) is 27.9. The predicted molar refractivity (Wildman–Crippen MR) is 104 cm³/mol. The van der Waals surface area contributed by atoms with E-state index in [-0.39, 0.29) is 13.1 Å². The van der Waals surface area contributed by atoms with Crippen molar-refractivity contribution in [2.75, 3.05) is 72.0 Å². The molecule has 3 N–H and O–H groups in total. The van der Waals surface area contributed by atoms with Gasteiger partial charge in [0.1, 0.15) is 6.04 Å². The Hall–Kier alpha value is -1.75. The van der Waals surface area contributed by atoms with Crippen LogP contribution in [0, 0.1) is 0 Å². The van der Waals surface area contributed by atoms with Crippen molar-refractivity contribution in [1.29, 1.82) is 0 Å². The van der Waals surface area contributed by atoms with Gasteiger partial charge in [-0.1, -0.05) is 13.8 Å². The average molecular weight is 402 g/mol. The average Bonchev–Trinajstić information content (AvgIpc) is 2.60. The molecule has 0 spiro atoms. The Morgan fingerprint density at radius 3 is 1.46 bits per heavy atom. The summed E-state index contributed by atoms with van der Waals surface area (Å²) in [6.07, 6.45) is 0.479. The summed E-state index contributed by atoms with van der Waals surface area (Å²) < 4.78 is 0. The van der Waals surface area contributed by atoms with E-state index in [4.69, 9.17) is 5.11 Å². The molecule has 1 aliphatic rings. The maximum Gasteiger partial charge on any atom is 0.320 e. The zero-order chi connectivity index (χ0) is 21.1. The van der Waals surface area contributed by atoms with Gasteiger partial charge in [0.05, 0.1) is 13.1 Å². The van der Waals surface area contributed by atoms with Crippen LogP contribution in [0.3, 0.4) is 0 Å². The number of hydrogen-bond acceptors (Lipinski definition) is 7. The van der Waals surface area contributed by atoms with E-state index in [1.54, 1.807) is 4.90 Å². The Morgan fingerprint density at radius 1 is 0.714 bits per heavy atom. The number of carbonyl (C=O) groups is 3. The first kappa shape index (κ1) is 24.3. The van der Waals surface area contributed by atoms with Crippen molar-refractivity contribution < 1.29 is 29.7 Å². The van der Waals surface area contributed by atoms with Crippen molar-refractivity contribution >= 4 is 17.9 Å². The molecule has 0 aromatic rings. The topological polar surface area (TPSA) is 125 Å². The lowest BCUT2D eigenvalue weighted by Gasteiger charge is -2.35. The van der Waals surface area contributed by atoms with E-state index in [1.807, 2.05) is 23.6 Å². The minimum absolute atomic E-state index is 0.0818. The smallest absolute Gasteiger partial charge is 0.320 e. The molecule has 0 aromatic carbocycles. The summed E-state index contributed by atoms with van der Waals surface area (Å²) in [5.41, 5.74) is 0. The predicted octanol–water partition coefficient (Wildman–Crippen LogP) is -0.740. The Bertz CT molecular complexity index is 518. The van der Waals surface area contributed by atoms with E-state index in [1.165, 1.54) is 0 Å². The quantitative estimate of drug-likeness (QED) is 0.478. The summed E-state index contributed by atoms with van der Waals surface area (Å²) in [6.45, 7) is 8.67. The maximum atomic E-state index is 11.6. The molecule has 28 heavy (non-hydrogen) atoms. The first-order valence-electron chi connectivity index (χ1n) is 9.84. The molecule has 1 aliphatic heterocycles. The molecule has 1 fully saturated rings. The lowest BCUT2D eigenvalue weighted by Crippen LogP contribution is -2.51. The summed E-state index contributed by atoms with van der Waals surface area (Å²) >= 11 is 0. The zero-order valence-corrected chi connectivity index (χ0v) is 16.9. The van der Waals surface area contributed by atoms with Gasteiger partial charge < -0.3 is 20.2 Å². The van der Waals surface area contributed by atoms with Gasteiger partial charge in [0, 0.05) is 52.4 Å². The lowest BCUT2D eigenvalue weighted by molar-refractivity contribution is -0.144. The third-order valence-corrected chi connectivity index (χ3v) is 5.15. The first-order valence-corrected chi connectivity index (χ1v) is 9.84. The molecule has 0 radical (unpaired) electrons. The van der Waals surface area contributed by atoms with Crippen LogP contribution in [0.25, 0.3) is 0 Å². The van der Waals surface area contributed by atoms with Crippen LogP contribution in [-0.2, 0) is 14.4 Å². The summed E-state index contributed by atoms with van der Waals surface area (Å²) in [6, 6.07) is -0.600. The van der Waals surface area contributed by atoms with Crippen molar-refractivity contribution in [3.63, 3.8) is 0 Å². The van der Waals surface area contributed by atoms with Gasteiger partial charge in [0.15, 0.2) is 0 Å². The van der Waals surface area contributed by atoms with Crippen LogP contribution >= 0.6 is 0 Å². The van der Waals surface area contributed by atoms with Crippen LogP contribution < -0.4 is 0 Å². The summed E-state index contributed by atoms with van der Waals surface area (Å²) in [5.74, 6) is -2.72. The zero-order valence-electron chi connectivity index (χ0n) is 16.9. The number of rotatable bonds is 8. The summed E-state index contributed by atoms with van der Waals surface area (Å²) in [7, 11) is 0. The normalized spacial score (nSPS) is 20.8.